The maximum absolute atomic E-state index is 11.0. The van der Waals surface area contributed by atoms with Crippen LogP contribution in [0.4, 0.5) is 0 Å². The summed E-state index contributed by atoms with van der Waals surface area (Å²) in [4.78, 5) is 11.0. The van der Waals surface area contributed by atoms with Gasteiger partial charge in [0.1, 0.15) is 12.7 Å². The normalized spacial score (nSPS) is 10.6. The Morgan fingerprint density at radius 2 is 2.05 bits per heavy atom. The first kappa shape index (κ1) is 12.7. The van der Waals surface area contributed by atoms with E-state index < -0.39 is 5.97 Å². The summed E-state index contributed by atoms with van der Waals surface area (Å²) < 4.78 is 11.6. The first-order valence-electron chi connectivity index (χ1n) is 5.44. The highest BCUT2D eigenvalue weighted by Crippen LogP contribution is 2.27. The van der Waals surface area contributed by atoms with Gasteiger partial charge < -0.3 is 9.47 Å². The molecule has 0 N–H and O–H groups in total. The standard InChI is InChI=1S/C12H12N4O3/c1-9(17)19-12-5-10(3-4-11(12)18-2)6-15-16-7-13-14-8-16/h3-8H,1-2H3. The summed E-state index contributed by atoms with van der Waals surface area (Å²) >= 11 is 0. The lowest BCUT2D eigenvalue weighted by molar-refractivity contribution is -0.132. The fraction of sp³-hybridized carbons (Fsp3) is 0.167. The summed E-state index contributed by atoms with van der Waals surface area (Å²) in [6, 6.07) is 5.15. The van der Waals surface area contributed by atoms with Crippen molar-refractivity contribution in [3.8, 4) is 11.5 Å². The SMILES string of the molecule is COc1ccc(C=Nn2cnnc2)cc1OC(C)=O. The predicted octanol–water partition coefficient (Wildman–Crippen LogP) is 1.09. The van der Waals surface area contributed by atoms with Gasteiger partial charge in [0.25, 0.3) is 0 Å². The Kier molecular flexibility index (Phi) is 3.87. The lowest BCUT2D eigenvalue weighted by Gasteiger charge is -2.08. The number of hydrogen-bond acceptors (Lipinski definition) is 6. The number of carbonyl (C=O) groups excluding carboxylic acids is 1. The van der Waals surface area contributed by atoms with Gasteiger partial charge in [-0.1, -0.05) is 0 Å². The molecule has 0 aliphatic heterocycles. The number of esters is 1. The number of carbonyl (C=O) groups is 1. The van der Waals surface area contributed by atoms with Crippen LogP contribution in [0, 0.1) is 0 Å². The van der Waals surface area contributed by atoms with E-state index >= 15 is 0 Å². The third kappa shape index (κ3) is 3.38. The van der Waals surface area contributed by atoms with Gasteiger partial charge in [-0.3, -0.25) is 4.79 Å². The monoisotopic (exact) mass is 260 g/mol. The van der Waals surface area contributed by atoms with Crippen molar-refractivity contribution in [2.24, 2.45) is 5.10 Å². The molecule has 2 rings (SSSR count). The van der Waals surface area contributed by atoms with Gasteiger partial charge >= 0.3 is 5.97 Å². The number of hydrogen-bond donors (Lipinski definition) is 0. The van der Waals surface area contributed by atoms with Crippen molar-refractivity contribution in [2.75, 3.05) is 7.11 Å². The quantitative estimate of drug-likeness (QED) is 0.467. The topological polar surface area (TPSA) is 78.6 Å². The van der Waals surface area contributed by atoms with Crippen LogP contribution in [0.2, 0.25) is 0 Å². The minimum Gasteiger partial charge on any atom is -0.493 e. The smallest absolute Gasteiger partial charge is 0.308 e. The summed E-state index contributed by atoms with van der Waals surface area (Å²) in [5.41, 5.74) is 0.755. The maximum Gasteiger partial charge on any atom is 0.308 e. The number of ether oxygens (including phenoxy) is 2. The van der Waals surface area contributed by atoms with E-state index in [2.05, 4.69) is 15.3 Å². The Labute approximate surface area is 109 Å². The molecule has 1 aromatic heterocycles. The molecule has 0 radical (unpaired) electrons. The summed E-state index contributed by atoms with van der Waals surface area (Å²) in [5.74, 6) is 0.422. The summed E-state index contributed by atoms with van der Waals surface area (Å²) in [7, 11) is 1.51. The van der Waals surface area contributed by atoms with Crippen molar-refractivity contribution in [1.82, 2.24) is 14.9 Å². The second-order valence-electron chi connectivity index (χ2n) is 3.59. The molecule has 2 aromatic rings. The molecule has 0 aliphatic rings. The Morgan fingerprint density at radius 1 is 1.32 bits per heavy atom. The number of aromatic nitrogens is 3. The minimum atomic E-state index is -0.411. The molecule has 7 nitrogen and oxygen atoms in total. The van der Waals surface area contributed by atoms with Crippen molar-refractivity contribution < 1.29 is 14.3 Å². The fourth-order valence-electron chi connectivity index (χ4n) is 1.40. The molecular formula is C12H12N4O3. The average Bonchev–Trinajstić information content (AvgIpc) is 2.89. The molecule has 0 bridgehead atoms. The number of rotatable bonds is 4. The summed E-state index contributed by atoms with van der Waals surface area (Å²) in [6.45, 7) is 1.33. The van der Waals surface area contributed by atoms with Crippen LogP contribution >= 0.6 is 0 Å². The Hall–Kier alpha value is -2.70. The lowest BCUT2D eigenvalue weighted by Crippen LogP contribution is -2.03. The van der Waals surface area contributed by atoms with E-state index in [0.29, 0.717) is 11.5 Å². The molecule has 0 saturated heterocycles. The van der Waals surface area contributed by atoms with Crippen LogP contribution in [0.3, 0.4) is 0 Å². The van der Waals surface area contributed by atoms with Crippen LogP contribution in [0.1, 0.15) is 12.5 Å². The molecule has 7 heteroatoms. The van der Waals surface area contributed by atoms with Gasteiger partial charge in [0.15, 0.2) is 11.5 Å². The van der Waals surface area contributed by atoms with Crippen LogP contribution < -0.4 is 9.47 Å². The van der Waals surface area contributed by atoms with Crippen molar-refractivity contribution in [2.45, 2.75) is 6.92 Å². The van der Waals surface area contributed by atoms with Gasteiger partial charge in [0, 0.05) is 6.92 Å². The van der Waals surface area contributed by atoms with E-state index in [4.69, 9.17) is 9.47 Å². The maximum atomic E-state index is 11.0. The van der Waals surface area contributed by atoms with E-state index in [9.17, 15) is 4.79 Å². The van der Waals surface area contributed by atoms with Gasteiger partial charge in [0.05, 0.1) is 13.3 Å². The highest BCUT2D eigenvalue weighted by Gasteiger charge is 2.07. The van der Waals surface area contributed by atoms with Crippen molar-refractivity contribution >= 4 is 12.2 Å². The van der Waals surface area contributed by atoms with Crippen LogP contribution in [-0.4, -0.2) is 34.2 Å². The Bertz CT molecular complexity index is 593. The van der Waals surface area contributed by atoms with E-state index in [1.54, 1.807) is 24.4 Å². The highest BCUT2D eigenvalue weighted by molar-refractivity contribution is 5.81. The minimum absolute atomic E-state index is 0.350. The lowest BCUT2D eigenvalue weighted by atomic mass is 10.2. The largest absolute Gasteiger partial charge is 0.493 e. The van der Waals surface area contributed by atoms with Crippen LogP contribution in [0.15, 0.2) is 36.0 Å². The first-order chi connectivity index (χ1) is 9.19. The van der Waals surface area contributed by atoms with Gasteiger partial charge in [-0.05, 0) is 23.8 Å². The molecule has 0 fully saturated rings. The molecule has 0 unspecified atom stereocenters. The first-order valence-corrected chi connectivity index (χ1v) is 5.44. The number of benzene rings is 1. The summed E-state index contributed by atoms with van der Waals surface area (Å²) in [6.07, 6.45) is 4.52. The molecule has 98 valence electrons. The van der Waals surface area contributed by atoms with E-state index in [1.165, 1.54) is 31.4 Å². The number of methoxy groups -OCH3 is 1. The predicted molar refractivity (Wildman–Crippen MR) is 67.3 cm³/mol. The average molecular weight is 260 g/mol. The second kappa shape index (κ2) is 5.76. The molecular weight excluding hydrogens is 248 g/mol. The molecule has 0 aliphatic carbocycles. The molecule has 0 atom stereocenters. The Morgan fingerprint density at radius 3 is 2.68 bits per heavy atom. The van der Waals surface area contributed by atoms with Crippen LogP contribution in [0.5, 0.6) is 11.5 Å². The van der Waals surface area contributed by atoms with Crippen molar-refractivity contribution in [1.29, 1.82) is 0 Å². The zero-order chi connectivity index (χ0) is 13.7. The molecule has 1 aromatic carbocycles. The number of nitrogens with zero attached hydrogens (tertiary/aromatic N) is 4. The van der Waals surface area contributed by atoms with Gasteiger partial charge in [-0.25, -0.2) is 4.68 Å². The zero-order valence-corrected chi connectivity index (χ0v) is 10.5. The van der Waals surface area contributed by atoms with Crippen LogP contribution in [0.25, 0.3) is 0 Å². The third-order valence-corrected chi connectivity index (χ3v) is 2.19. The molecule has 19 heavy (non-hydrogen) atoms. The van der Waals surface area contributed by atoms with Gasteiger partial charge in [-0.15, -0.1) is 10.2 Å². The van der Waals surface area contributed by atoms with E-state index in [1.807, 2.05) is 0 Å². The Balaban J connectivity index is 2.24. The second-order valence-corrected chi connectivity index (χ2v) is 3.59. The fourth-order valence-corrected chi connectivity index (χ4v) is 1.40. The summed E-state index contributed by atoms with van der Waals surface area (Å²) in [5, 5.41) is 11.4. The van der Waals surface area contributed by atoms with Gasteiger partial charge in [-0.2, -0.15) is 5.10 Å². The third-order valence-electron chi connectivity index (χ3n) is 2.19. The van der Waals surface area contributed by atoms with Crippen molar-refractivity contribution in [3.63, 3.8) is 0 Å². The molecule has 0 saturated carbocycles. The zero-order valence-electron chi connectivity index (χ0n) is 10.5. The van der Waals surface area contributed by atoms with E-state index in [-0.39, 0.29) is 0 Å². The molecule has 0 amide bonds. The van der Waals surface area contributed by atoms with Crippen LogP contribution in [-0.2, 0) is 4.79 Å². The molecule has 0 spiro atoms. The van der Waals surface area contributed by atoms with Crippen molar-refractivity contribution in [3.05, 3.63) is 36.4 Å². The van der Waals surface area contributed by atoms with Gasteiger partial charge in [0.2, 0.25) is 0 Å². The highest BCUT2D eigenvalue weighted by atomic mass is 16.6. The molecule has 1 heterocycles. The van der Waals surface area contributed by atoms with E-state index in [0.717, 1.165) is 5.56 Å².